The average Bonchev–Trinajstić information content (AvgIpc) is 2.92. The van der Waals surface area contributed by atoms with Gasteiger partial charge in [0.15, 0.2) is 0 Å². The van der Waals surface area contributed by atoms with Crippen LogP contribution in [0.1, 0.15) is 10.5 Å². The third-order valence-electron chi connectivity index (χ3n) is 2.47. The Balaban J connectivity index is 1.83. The van der Waals surface area contributed by atoms with Crippen molar-refractivity contribution in [2.24, 2.45) is 0 Å². The molecule has 0 spiro atoms. The third kappa shape index (κ3) is 3.07. The molecule has 0 fully saturated rings. The maximum absolute atomic E-state index is 11.7. The Morgan fingerprint density at radius 1 is 1.44 bits per heavy atom. The summed E-state index contributed by atoms with van der Waals surface area (Å²) in [5, 5.41) is 9.79. The Morgan fingerprint density at radius 2 is 2.33 bits per heavy atom. The normalized spacial score (nSPS) is 10.1. The summed E-state index contributed by atoms with van der Waals surface area (Å²) in [5.74, 6) is -0.176. The van der Waals surface area contributed by atoms with Gasteiger partial charge in [0.1, 0.15) is 5.69 Å². The molecule has 2 aromatic heterocycles. The zero-order valence-corrected chi connectivity index (χ0v) is 10.1. The van der Waals surface area contributed by atoms with E-state index in [1.165, 1.54) is 0 Å². The molecule has 1 amide bonds. The molecule has 18 heavy (non-hydrogen) atoms. The first-order chi connectivity index (χ1) is 8.79. The van der Waals surface area contributed by atoms with Crippen molar-refractivity contribution in [3.63, 3.8) is 0 Å². The largest absolute Gasteiger partial charge is 0.387 e. The van der Waals surface area contributed by atoms with E-state index in [0.717, 1.165) is 5.69 Å². The van der Waals surface area contributed by atoms with E-state index < -0.39 is 0 Å². The fraction of sp³-hybridized carbons (Fsp3) is 0.250. The Morgan fingerprint density at radius 3 is 2.94 bits per heavy atom. The lowest BCUT2D eigenvalue weighted by Gasteiger charge is -2.05. The van der Waals surface area contributed by atoms with Crippen molar-refractivity contribution in [2.45, 2.75) is 6.54 Å². The van der Waals surface area contributed by atoms with Gasteiger partial charge < -0.3 is 10.6 Å². The molecule has 6 nitrogen and oxygen atoms in total. The minimum atomic E-state index is -0.176. The Bertz CT molecular complexity index is 492. The number of rotatable bonds is 5. The Kier molecular flexibility index (Phi) is 3.90. The van der Waals surface area contributed by atoms with Crippen LogP contribution in [-0.2, 0) is 6.54 Å². The molecule has 2 N–H and O–H groups in total. The lowest BCUT2D eigenvalue weighted by atomic mass is 10.3. The van der Waals surface area contributed by atoms with E-state index in [4.69, 9.17) is 0 Å². The average molecular weight is 245 g/mol. The highest BCUT2D eigenvalue weighted by Crippen LogP contribution is 2.04. The molecular weight excluding hydrogens is 230 g/mol. The number of anilines is 1. The molecule has 0 bridgehead atoms. The van der Waals surface area contributed by atoms with Gasteiger partial charge in [-0.15, -0.1) is 0 Å². The SMILES string of the molecule is CNc1ccc(C(=O)NCCn2cccn2)nc1. The van der Waals surface area contributed by atoms with E-state index in [1.807, 2.05) is 18.3 Å². The highest BCUT2D eigenvalue weighted by molar-refractivity contribution is 5.92. The summed E-state index contributed by atoms with van der Waals surface area (Å²) in [6.45, 7) is 1.17. The van der Waals surface area contributed by atoms with Crippen LogP contribution < -0.4 is 10.6 Å². The van der Waals surface area contributed by atoms with Gasteiger partial charge in [0.25, 0.3) is 5.91 Å². The molecule has 0 saturated carbocycles. The molecule has 2 rings (SSSR count). The first-order valence-corrected chi connectivity index (χ1v) is 5.69. The Hall–Kier alpha value is -2.37. The van der Waals surface area contributed by atoms with Crippen LogP contribution in [-0.4, -0.2) is 34.3 Å². The number of amides is 1. The highest BCUT2D eigenvalue weighted by atomic mass is 16.1. The van der Waals surface area contributed by atoms with Crippen molar-refractivity contribution in [2.75, 3.05) is 18.9 Å². The number of carbonyl (C=O) groups excluding carboxylic acids is 1. The minimum Gasteiger partial charge on any atom is -0.387 e. The zero-order valence-electron chi connectivity index (χ0n) is 10.1. The van der Waals surface area contributed by atoms with Crippen LogP contribution in [0.4, 0.5) is 5.69 Å². The number of hydrogen-bond acceptors (Lipinski definition) is 4. The number of hydrogen-bond donors (Lipinski definition) is 2. The van der Waals surface area contributed by atoms with E-state index in [0.29, 0.717) is 18.8 Å². The smallest absolute Gasteiger partial charge is 0.269 e. The van der Waals surface area contributed by atoms with Crippen LogP contribution in [0.3, 0.4) is 0 Å². The minimum absolute atomic E-state index is 0.176. The monoisotopic (exact) mass is 245 g/mol. The van der Waals surface area contributed by atoms with Crippen LogP contribution in [0.2, 0.25) is 0 Å². The molecule has 0 saturated heterocycles. The molecule has 0 aliphatic carbocycles. The molecule has 0 unspecified atom stereocenters. The maximum atomic E-state index is 11.7. The van der Waals surface area contributed by atoms with Crippen LogP contribution in [0.15, 0.2) is 36.8 Å². The van der Waals surface area contributed by atoms with Gasteiger partial charge in [0.05, 0.1) is 18.4 Å². The fourth-order valence-corrected chi connectivity index (χ4v) is 1.48. The molecule has 2 heterocycles. The number of carbonyl (C=O) groups is 1. The maximum Gasteiger partial charge on any atom is 0.269 e. The summed E-state index contributed by atoms with van der Waals surface area (Å²) >= 11 is 0. The van der Waals surface area contributed by atoms with Gasteiger partial charge in [-0.2, -0.15) is 5.10 Å². The van der Waals surface area contributed by atoms with Gasteiger partial charge in [-0.3, -0.25) is 9.48 Å². The molecule has 0 aliphatic rings. The summed E-state index contributed by atoms with van der Waals surface area (Å²) in [5.41, 5.74) is 1.29. The van der Waals surface area contributed by atoms with Crippen molar-refractivity contribution in [1.29, 1.82) is 0 Å². The van der Waals surface area contributed by atoms with E-state index in [9.17, 15) is 4.79 Å². The predicted octanol–water partition coefficient (Wildman–Crippen LogP) is 0.750. The summed E-state index contributed by atoms with van der Waals surface area (Å²) in [6.07, 6.45) is 5.19. The zero-order chi connectivity index (χ0) is 12.8. The number of nitrogens with one attached hydrogen (secondary N) is 2. The highest BCUT2D eigenvalue weighted by Gasteiger charge is 2.05. The van der Waals surface area contributed by atoms with E-state index in [2.05, 4.69) is 20.7 Å². The first kappa shape index (κ1) is 12.1. The quantitative estimate of drug-likeness (QED) is 0.815. The predicted molar refractivity (Wildman–Crippen MR) is 68.3 cm³/mol. The molecule has 0 radical (unpaired) electrons. The lowest BCUT2D eigenvalue weighted by Crippen LogP contribution is -2.28. The van der Waals surface area contributed by atoms with Gasteiger partial charge in [-0.1, -0.05) is 0 Å². The molecule has 0 atom stereocenters. The summed E-state index contributed by atoms with van der Waals surface area (Å²) < 4.78 is 1.76. The van der Waals surface area contributed by atoms with Gasteiger partial charge >= 0.3 is 0 Å². The molecule has 0 aliphatic heterocycles. The van der Waals surface area contributed by atoms with Gasteiger partial charge in [0.2, 0.25) is 0 Å². The van der Waals surface area contributed by atoms with Gasteiger partial charge in [-0.25, -0.2) is 4.98 Å². The van der Waals surface area contributed by atoms with Crippen molar-refractivity contribution < 1.29 is 4.79 Å². The standard InChI is InChI=1S/C12H15N5O/c1-13-10-3-4-11(15-9-10)12(18)14-6-8-17-7-2-5-16-17/h2-5,7,9,13H,6,8H2,1H3,(H,14,18). The molecule has 2 aromatic rings. The fourth-order valence-electron chi connectivity index (χ4n) is 1.48. The second-order valence-electron chi connectivity index (χ2n) is 3.71. The van der Waals surface area contributed by atoms with Gasteiger partial charge in [0, 0.05) is 26.0 Å². The van der Waals surface area contributed by atoms with E-state index in [1.54, 1.807) is 30.2 Å². The second kappa shape index (κ2) is 5.81. The molecule has 94 valence electrons. The van der Waals surface area contributed by atoms with Gasteiger partial charge in [-0.05, 0) is 18.2 Å². The molecule has 0 aromatic carbocycles. The second-order valence-corrected chi connectivity index (χ2v) is 3.71. The van der Waals surface area contributed by atoms with Crippen molar-refractivity contribution in [1.82, 2.24) is 20.1 Å². The Labute approximate surface area is 105 Å². The van der Waals surface area contributed by atoms with Crippen molar-refractivity contribution >= 4 is 11.6 Å². The van der Waals surface area contributed by atoms with Crippen LogP contribution in [0.25, 0.3) is 0 Å². The summed E-state index contributed by atoms with van der Waals surface area (Å²) in [7, 11) is 1.81. The third-order valence-corrected chi connectivity index (χ3v) is 2.47. The molecular formula is C12H15N5O. The first-order valence-electron chi connectivity index (χ1n) is 5.69. The van der Waals surface area contributed by atoms with E-state index in [-0.39, 0.29) is 5.91 Å². The van der Waals surface area contributed by atoms with Crippen LogP contribution in [0, 0.1) is 0 Å². The van der Waals surface area contributed by atoms with Crippen LogP contribution in [0.5, 0.6) is 0 Å². The molecule has 6 heteroatoms. The van der Waals surface area contributed by atoms with E-state index >= 15 is 0 Å². The number of aromatic nitrogens is 3. The van der Waals surface area contributed by atoms with Crippen molar-refractivity contribution in [3.8, 4) is 0 Å². The number of nitrogens with zero attached hydrogens (tertiary/aromatic N) is 3. The summed E-state index contributed by atoms with van der Waals surface area (Å²) in [4.78, 5) is 15.8. The lowest BCUT2D eigenvalue weighted by molar-refractivity contribution is 0.0947. The number of pyridine rings is 1. The topological polar surface area (TPSA) is 71.8 Å². The summed E-state index contributed by atoms with van der Waals surface area (Å²) in [6, 6.07) is 5.35. The van der Waals surface area contributed by atoms with Crippen molar-refractivity contribution in [3.05, 3.63) is 42.5 Å². The van der Waals surface area contributed by atoms with Crippen LogP contribution >= 0.6 is 0 Å².